The smallest absolute Gasteiger partial charge is 0.165 e. The summed E-state index contributed by atoms with van der Waals surface area (Å²) in [6.07, 6.45) is 8.63. The van der Waals surface area contributed by atoms with Crippen molar-refractivity contribution in [1.82, 2.24) is 5.32 Å². The average molecular weight is 277 g/mol. The maximum absolute atomic E-state index is 13.9. The first-order chi connectivity index (χ1) is 9.79. The quantitative estimate of drug-likeness (QED) is 0.511. The molecule has 0 aliphatic heterocycles. The lowest BCUT2D eigenvalue weighted by Crippen LogP contribution is -2.15. The Balaban J connectivity index is 1.69. The number of nitrogens with one attached hydrogen (secondary N) is 1. The minimum atomic E-state index is -0.258. The van der Waals surface area contributed by atoms with E-state index in [2.05, 4.69) is 11.9 Å². The summed E-state index contributed by atoms with van der Waals surface area (Å²) >= 11 is 0. The fourth-order valence-corrected chi connectivity index (χ4v) is 2.07. The molecule has 0 aromatic heterocycles. The van der Waals surface area contributed by atoms with Gasteiger partial charge in [0.2, 0.25) is 0 Å². The standard InChI is InChI=1S/C17H24FNO/c1-2-3-4-5-6-11-20-17-10-7-14(12-16(17)18)13-19-15-8-9-15/h2,7,10,12,15,19H,1,3-6,8-9,11,13H2. The van der Waals surface area contributed by atoms with Gasteiger partial charge in [-0.15, -0.1) is 6.58 Å². The van der Waals surface area contributed by atoms with E-state index in [1.807, 2.05) is 12.1 Å². The number of hydrogen-bond acceptors (Lipinski definition) is 2. The van der Waals surface area contributed by atoms with Gasteiger partial charge in [0.1, 0.15) is 0 Å². The SMILES string of the molecule is C=CCCCCCOc1ccc(CNC2CC2)cc1F. The van der Waals surface area contributed by atoms with Gasteiger partial charge in [0, 0.05) is 12.6 Å². The Bertz CT molecular complexity index is 429. The summed E-state index contributed by atoms with van der Waals surface area (Å²) in [5.74, 6) is 0.107. The molecule has 0 atom stereocenters. The monoisotopic (exact) mass is 277 g/mol. The van der Waals surface area contributed by atoms with E-state index in [0.29, 0.717) is 18.4 Å². The Morgan fingerprint density at radius 3 is 2.85 bits per heavy atom. The molecule has 1 aliphatic rings. The van der Waals surface area contributed by atoms with Crippen LogP contribution in [0, 0.1) is 5.82 Å². The van der Waals surface area contributed by atoms with Gasteiger partial charge < -0.3 is 10.1 Å². The van der Waals surface area contributed by atoms with Crippen LogP contribution >= 0.6 is 0 Å². The van der Waals surface area contributed by atoms with Gasteiger partial charge in [0.15, 0.2) is 11.6 Å². The normalized spacial score (nSPS) is 14.2. The topological polar surface area (TPSA) is 21.3 Å². The van der Waals surface area contributed by atoms with Crippen LogP contribution in [-0.4, -0.2) is 12.6 Å². The van der Waals surface area contributed by atoms with Gasteiger partial charge in [-0.3, -0.25) is 0 Å². The predicted molar refractivity (Wildman–Crippen MR) is 80.4 cm³/mol. The van der Waals surface area contributed by atoms with Crippen LogP contribution in [0.25, 0.3) is 0 Å². The highest BCUT2D eigenvalue weighted by molar-refractivity contribution is 5.29. The summed E-state index contributed by atoms with van der Waals surface area (Å²) in [7, 11) is 0. The van der Waals surface area contributed by atoms with Gasteiger partial charge in [-0.1, -0.05) is 12.1 Å². The summed E-state index contributed by atoms with van der Waals surface area (Å²) in [6, 6.07) is 5.89. The second kappa shape index (κ2) is 8.05. The van der Waals surface area contributed by atoms with E-state index in [1.165, 1.54) is 12.8 Å². The zero-order valence-corrected chi connectivity index (χ0v) is 12.0. The molecule has 20 heavy (non-hydrogen) atoms. The van der Waals surface area contributed by atoms with Crippen molar-refractivity contribution in [2.45, 2.75) is 51.1 Å². The molecule has 110 valence electrons. The largest absolute Gasteiger partial charge is 0.491 e. The number of rotatable bonds is 10. The van der Waals surface area contributed by atoms with Gasteiger partial charge in [0.05, 0.1) is 6.61 Å². The Kier molecular flexibility index (Phi) is 6.06. The van der Waals surface area contributed by atoms with E-state index in [0.717, 1.165) is 37.8 Å². The molecule has 0 amide bonds. The number of allylic oxidation sites excluding steroid dienone is 1. The molecule has 1 N–H and O–H groups in total. The van der Waals surface area contributed by atoms with Crippen molar-refractivity contribution >= 4 is 0 Å². The molecule has 2 rings (SSSR count). The molecule has 0 saturated heterocycles. The molecule has 1 fully saturated rings. The van der Waals surface area contributed by atoms with Gasteiger partial charge in [0.25, 0.3) is 0 Å². The van der Waals surface area contributed by atoms with Gasteiger partial charge in [-0.05, 0) is 56.2 Å². The second-order valence-corrected chi connectivity index (χ2v) is 5.41. The third-order valence-electron chi connectivity index (χ3n) is 3.48. The van der Waals surface area contributed by atoms with E-state index in [1.54, 1.807) is 12.1 Å². The maximum atomic E-state index is 13.9. The molecule has 1 aromatic carbocycles. The first-order valence-corrected chi connectivity index (χ1v) is 7.55. The number of hydrogen-bond donors (Lipinski definition) is 1. The molecule has 1 aromatic rings. The predicted octanol–water partition coefficient (Wildman–Crippen LogP) is 4.20. The van der Waals surface area contributed by atoms with Gasteiger partial charge >= 0.3 is 0 Å². The van der Waals surface area contributed by atoms with Crippen LogP contribution in [-0.2, 0) is 6.54 Å². The molecule has 1 aliphatic carbocycles. The van der Waals surface area contributed by atoms with Crippen molar-refractivity contribution in [1.29, 1.82) is 0 Å². The Labute approximate surface area is 121 Å². The van der Waals surface area contributed by atoms with Gasteiger partial charge in [-0.2, -0.15) is 0 Å². The zero-order chi connectivity index (χ0) is 14.2. The van der Waals surface area contributed by atoms with Crippen LogP contribution in [0.5, 0.6) is 5.75 Å². The Morgan fingerprint density at radius 2 is 2.15 bits per heavy atom. The molecule has 1 saturated carbocycles. The highest BCUT2D eigenvalue weighted by atomic mass is 19.1. The van der Waals surface area contributed by atoms with Crippen LogP contribution in [0.3, 0.4) is 0 Å². The van der Waals surface area contributed by atoms with E-state index in [4.69, 9.17) is 4.74 Å². The number of ether oxygens (including phenoxy) is 1. The first-order valence-electron chi connectivity index (χ1n) is 7.55. The third kappa shape index (κ3) is 5.33. The van der Waals surface area contributed by atoms with E-state index in [9.17, 15) is 4.39 Å². The van der Waals surface area contributed by atoms with Gasteiger partial charge in [-0.25, -0.2) is 4.39 Å². The lowest BCUT2D eigenvalue weighted by Gasteiger charge is -2.09. The lowest BCUT2D eigenvalue weighted by molar-refractivity contribution is 0.290. The van der Waals surface area contributed by atoms with Crippen LogP contribution < -0.4 is 10.1 Å². The summed E-state index contributed by atoms with van der Waals surface area (Å²) in [6.45, 7) is 5.01. The lowest BCUT2D eigenvalue weighted by atomic mass is 10.2. The second-order valence-electron chi connectivity index (χ2n) is 5.41. The Hall–Kier alpha value is -1.35. The number of benzene rings is 1. The molecular formula is C17H24FNO. The first kappa shape index (κ1) is 15.0. The minimum Gasteiger partial charge on any atom is -0.491 e. The van der Waals surface area contributed by atoms with Crippen molar-refractivity contribution in [3.63, 3.8) is 0 Å². The minimum absolute atomic E-state index is 0.258. The fraction of sp³-hybridized carbons (Fsp3) is 0.529. The van der Waals surface area contributed by atoms with Crippen molar-refractivity contribution in [2.24, 2.45) is 0 Å². The molecule has 3 heteroatoms. The van der Waals surface area contributed by atoms with Crippen LogP contribution in [0.1, 0.15) is 44.1 Å². The van der Waals surface area contributed by atoms with Crippen LogP contribution in [0.4, 0.5) is 4.39 Å². The highest BCUT2D eigenvalue weighted by Gasteiger charge is 2.20. The molecule has 0 bridgehead atoms. The number of unbranched alkanes of at least 4 members (excludes halogenated alkanes) is 3. The summed E-state index contributed by atoms with van der Waals surface area (Å²) in [4.78, 5) is 0. The van der Waals surface area contributed by atoms with Crippen LogP contribution in [0.2, 0.25) is 0 Å². The third-order valence-corrected chi connectivity index (χ3v) is 3.48. The van der Waals surface area contributed by atoms with E-state index < -0.39 is 0 Å². The van der Waals surface area contributed by atoms with Crippen molar-refractivity contribution in [2.75, 3.05) is 6.61 Å². The molecule has 0 heterocycles. The van der Waals surface area contributed by atoms with Crippen molar-refractivity contribution in [3.8, 4) is 5.75 Å². The average Bonchev–Trinajstić information content (AvgIpc) is 3.26. The number of halogens is 1. The molecule has 0 unspecified atom stereocenters. The molecule has 0 spiro atoms. The molecule has 2 nitrogen and oxygen atoms in total. The summed E-state index contributed by atoms with van der Waals surface area (Å²) < 4.78 is 19.3. The van der Waals surface area contributed by atoms with E-state index >= 15 is 0 Å². The Morgan fingerprint density at radius 1 is 1.30 bits per heavy atom. The van der Waals surface area contributed by atoms with Crippen molar-refractivity contribution < 1.29 is 9.13 Å². The highest BCUT2D eigenvalue weighted by Crippen LogP contribution is 2.21. The summed E-state index contributed by atoms with van der Waals surface area (Å²) in [5.41, 5.74) is 0.979. The zero-order valence-electron chi connectivity index (χ0n) is 12.0. The maximum Gasteiger partial charge on any atom is 0.165 e. The van der Waals surface area contributed by atoms with Crippen LogP contribution in [0.15, 0.2) is 30.9 Å². The fourth-order valence-electron chi connectivity index (χ4n) is 2.07. The molecular weight excluding hydrogens is 253 g/mol. The molecule has 0 radical (unpaired) electrons. The summed E-state index contributed by atoms with van der Waals surface area (Å²) in [5, 5.41) is 3.38. The van der Waals surface area contributed by atoms with E-state index in [-0.39, 0.29) is 5.82 Å². The van der Waals surface area contributed by atoms with Crippen molar-refractivity contribution in [3.05, 3.63) is 42.2 Å².